The molecule has 0 aliphatic carbocycles. The van der Waals surface area contributed by atoms with Crippen LogP contribution in [0.5, 0.6) is 0 Å². The molecule has 0 saturated heterocycles. The van der Waals surface area contributed by atoms with Crippen molar-refractivity contribution < 1.29 is 9.72 Å². The minimum absolute atomic E-state index is 0.0507. The molecule has 0 aliphatic rings. The van der Waals surface area contributed by atoms with Crippen LogP contribution in [0.4, 0.5) is 5.69 Å². The maximum Gasteiger partial charge on any atom is 0.350 e. The maximum atomic E-state index is 11.4. The molecule has 0 atom stereocenters. The third kappa shape index (κ3) is 3.65. The Balaban J connectivity index is 2.80. The first-order chi connectivity index (χ1) is 8.41. The number of rotatable bonds is 6. The van der Waals surface area contributed by atoms with Crippen LogP contribution in [0, 0.1) is 10.1 Å². The van der Waals surface area contributed by atoms with Gasteiger partial charge in [-0.05, 0) is 19.8 Å². The molecule has 0 spiro atoms. The van der Waals surface area contributed by atoms with Crippen LogP contribution in [0.1, 0.15) is 26.2 Å². The van der Waals surface area contributed by atoms with Gasteiger partial charge in [-0.1, -0.05) is 0 Å². The van der Waals surface area contributed by atoms with Gasteiger partial charge in [0, 0.05) is 13.0 Å². The minimum atomic E-state index is -1.01. The molecule has 0 aliphatic heterocycles. The second-order valence-electron chi connectivity index (χ2n) is 3.88. The molecule has 98 valence electrons. The van der Waals surface area contributed by atoms with Crippen LogP contribution < -0.4 is 11.2 Å². The Hall–Kier alpha value is -2.25. The fourth-order valence-corrected chi connectivity index (χ4v) is 1.45. The summed E-state index contributed by atoms with van der Waals surface area (Å²) in [4.78, 5) is 44.7. The predicted octanol–water partition coefficient (Wildman–Crippen LogP) is 0.204. The van der Waals surface area contributed by atoms with Gasteiger partial charge in [-0.2, -0.15) is 0 Å². The number of nitrogens with zero attached hydrogens (tertiary/aromatic N) is 2. The molecule has 18 heavy (non-hydrogen) atoms. The first-order valence-electron chi connectivity index (χ1n) is 5.39. The molecule has 1 heterocycles. The summed E-state index contributed by atoms with van der Waals surface area (Å²) >= 11 is 0. The van der Waals surface area contributed by atoms with Gasteiger partial charge in [0.05, 0.1) is 11.1 Å². The minimum Gasteiger partial charge on any atom is -0.300 e. The first kappa shape index (κ1) is 13.8. The van der Waals surface area contributed by atoms with Crippen molar-refractivity contribution in [1.82, 2.24) is 9.55 Å². The van der Waals surface area contributed by atoms with Crippen molar-refractivity contribution in [2.45, 2.75) is 32.7 Å². The maximum absolute atomic E-state index is 11.4. The predicted molar refractivity (Wildman–Crippen MR) is 62.5 cm³/mol. The zero-order valence-electron chi connectivity index (χ0n) is 9.84. The SMILES string of the molecule is CC(=O)CCCCn1cc([N+](=O)[O-])c(=O)[nH]c1=O. The van der Waals surface area contributed by atoms with Crippen LogP contribution in [0.25, 0.3) is 0 Å². The van der Waals surface area contributed by atoms with Gasteiger partial charge in [0.15, 0.2) is 0 Å². The molecule has 1 aromatic heterocycles. The number of carbonyl (C=O) groups is 1. The average molecular weight is 255 g/mol. The summed E-state index contributed by atoms with van der Waals surface area (Å²) in [5, 5.41) is 10.5. The van der Waals surface area contributed by atoms with E-state index >= 15 is 0 Å². The van der Waals surface area contributed by atoms with E-state index in [4.69, 9.17) is 0 Å². The van der Waals surface area contributed by atoms with E-state index in [0.717, 1.165) is 10.8 Å². The lowest BCUT2D eigenvalue weighted by Gasteiger charge is -2.03. The fourth-order valence-electron chi connectivity index (χ4n) is 1.45. The molecule has 1 N–H and O–H groups in total. The number of Topliss-reactive ketones (excluding diaryl/α,β-unsaturated/α-hetero) is 1. The van der Waals surface area contributed by atoms with Crippen LogP contribution >= 0.6 is 0 Å². The average Bonchev–Trinajstić information content (AvgIpc) is 2.25. The van der Waals surface area contributed by atoms with Crippen molar-refractivity contribution in [3.8, 4) is 0 Å². The molecule has 0 radical (unpaired) electrons. The highest BCUT2D eigenvalue weighted by atomic mass is 16.6. The molecule has 0 fully saturated rings. The van der Waals surface area contributed by atoms with Crippen LogP contribution in [0.3, 0.4) is 0 Å². The molecular weight excluding hydrogens is 242 g/mol. The number of nitro groups is 1. The van der Waals surface area contributed by atoms with Crippen molar-refractivity contribution in [2.75, 3.05) is 0 Å². The van der Waals surface area contributed by atoms with Crippen LogP contribution in [-0.4, -0.2) is 20.3 Å². The van der Waals surface area contributed by atoms with Crippen LogP contribution in [-0.2, 0) is 11.3 Å². The standard InChI is InChI=1S/C10H13N3O5/c1-7(14)4-2-3-5-12-6-8(13(17)18)9(15)11-10(12)16/h6H,2-5H2,1H3,(H,11,15,16). The Morgan fingerprint density at radius 2 is 2.11 bits per heavy atom. The lowest BCUT2D eigenvalue weighted by molar-refractivity contribution is -0.386. The van der Waals surface area contributed by atoms with Gasteiger partial charge >= 0.3 is 16.9 Å². The fraction of sp³-hybridized carbons (Fsp3) is 0.500. The summed E-state index contributed by atoms with van der Waals surface area (Å²) in [6.07, 6.45) is 2.45. The van der Waals surface area contributed by atoms with Gasteiger partial charge in [-0.15, -0.1) is 0 Å². The summed E-state index contributed by atoms with van der Waals surface area (Å²) < 4.78 is 1.07. The Labute approximate surface area is 101 Å². The first-order valence-corrected chi connectivity index (χ1v) is 5.39. The number of aromatic amines is 1. The molecule has 1 aromatic rings. The van der Waals surface area contributed by atoms with E-state index in [1.807, 2.05) is 4.98 Å². The molecule has 0 saturated carbocycles. The van der Waals surface area contributed by atoms with Gasteiger partial charge < -0.3 is 4.79 Å². The lowest BCUT2D eigenvalue weighted by atomic mass is 10.2. The summed E-state index contributed by atoms with van der Waals surface area (Å²) in [6.45, 7) is 1.70. The van der Waals surface area contributed by atoms with Gasteiger partial charge in [0.1, 0.15) is 5.78 Å². The van der Waals surface area contributed by atoms with Crippen molar-refractivity contribution >= 4 is 11.5 Å². The zero-order chi connectivity index (χ0) is 13.7. The van der Waals surface area contributed by atoms with E-state index in [0.29, 0.717) is 19.3 Å². The van der Waals surface area contributed by atoms with E-state index in [1.54, 1.807) is 0 Å². The molecule has 0 unspecified atom stereocenters. The lowest BCUT2D eigenvalue weighted by Crippen LogP contribution is -2.30. The summed E-state index contributed by atoms with van der Waals surface area (Å²) in [5.74, 6) is 0.0507. The third-order valence-electron chi connectivity index (χ3n) is 2.37. The second-order valence-corrected chi connectivity index (χ2v) is 3.88. The number of hydrogen-bond acceptors (Lipinski definition) is 5. The number of carbonyl (C=O) groups excluding carboxylic acids is 1. The smallest absolute Gasteiger partial charge is 0.300 e. The van der Waals surface area contributed by atoms with Crippen LogP contribution in [0.15, 0.2) is 15.8 Å². The molecule has 0 aromatic carbocycles. The van der Waals surface area contributed by atoms with E-state index in [1.165, 1.54) is 6.92 Å². The van der Waals surface area contributed by atoms with Gasteiger partial charge in [0.2, 0.25) is 0 Å². The summed E-state index contributed by atoms with van der Waals surface area (Å²) in [5.41, 5.74) is -2.36. The number of unbranched alkanes of at least 4 members (excludes halogenated alkanes) is 1. The number of H-pyrrole nitrogens is 1. The number of ketones is 1. The Kier molecular flexibility index (Phi) is 4.52. The number of aryl methyl sites for hydroxylation is 1. The van der Waals surface area contributed by atoms with Crippen LogP contribution in [0.2, 0.25) is 0 Å². The quantitative estimate of drug-likeness (QED) is 0.443. The topological polar surface area (TPSA) is 115 Å². The Morgan fingerprint density at radius 1 is 1.44 bits per heavy atom. The summed E-state index contributed by atoms with van der Waals surface area (Å²) in [7, 11) is 0. The normalized spacial score (nSPS) is 10.3. The monoisotopic (exact) mass is 255 g/mol. The van der Waals surface area contributed by atoms with Crippen molar-refractivity contribution in [3.05, 3.63) is 37.1 Å². The number of hydrogen-bond donors (Lipinski definition) is 1. The number of nitrogens with one attached hydrogen (secondary N) is 1. The van der Waals surface area contributed by atoms with Crippen molar-refractivity contribution in [2.24, 2.45) is 0 Å². The highest BCUT2D eigenvalue weighted by Crippen LogP contribution is 2.02. The van der Waals surface area contributed by atoms with Gasteiger partial charge in [0.25, 0.3) is 0 Å². The van der Waals surface area contributed by atoms with Gasteiger partial charge in [-0.3, -0.25) is 24.5 Å². The van der Waals surface area contributed by atoms with Crippen molar-refractivity contribution in [1.29, 1.82) is 0 Å². The molecule has 1 rings (SSSR count). The molecule has 0 bridgehead atoms. The second kappa shape index (κ2) is 5.89. The zero-order valence-corrected chi connectivity index (χ0v) is 9.84. The van der Waals surface area contributed by atoms with E-state index in [9.17, 15) is 24.5 Å². The Morgan fingerprint density at radius 3 is 2.67 bits per heavy atom. The molecular formula is C10H13N3O5. The molecule has 0 amide bonds. The van der Waals surface area contributed by atoms with Gasteiger partial charge in [-0.25, -0.2) is 4.79 Å². The third-order valence-corrected chi connectivity index (χ3v) is 2.37. The number of aromatic nitrogens is 2. The van der Waals surface area contributed by atoms with E-state index in [2.05, 4.69) is 0 Å². The highest BCUT2D eigenvalue weighted by Gasteiger charge is 2.14. The molecule has 8 nitrogen and oxygen atoms in total. The molecule has 8 heteroatoms. The van der Waals surface area contributed by atoms with E-state index in [-0.39, 0.29) is 12.3 Å². The van der Waals surface area contributed by atoms with E-state index < -0.39 is 21.9 Å². The van der Waals surface area contributed by atoms with Crippen molar-refractivity contribution in [3.63, 3.8) is 0 Å². The highest BCUT2D eigenvalue weighted by molar-refractivity contribution is 5.75. The largest absolute Gasteiger partial charge is 0.350 e. The summed E-state index contributed by atoms with van der Waals surface area (Å²) in [6, 6.07) is 0. The Bertz CT molecular complexity index is 572.